The van der Waals surface area contributed by atoms with Crippen molar-refractivity contribution in [2.45, 2.75) is 38.8 Å². The van der Waals surface area contributed by atoms with Gasteiger partial charge in [-0.2, -0.15) is 5.26 Å². The number of nitriles is 1. The second kappa shape index (κ2) is 6.21. The van der Waals surface area contributed by atoms with E-state index in [1.165, 1.54) is 5.56 Å². The van der Waals surface area contributed by atoms with Gasteiger partial charge in [-0.1, -0.05) is 37.3 Å². The molecule has 0 amide bonds. The minimum atomic E-state index is -0.0812. The molecule has 1 aromatic carbocycles. The van der Waals surface area contributed by atoms with Crippen LogP contribution in [-0.2, 0) is 6.42 Å². The van der Waals surface area contributed by atoms with Gasteiger partial charge < -0.3 is 0 Å². The molecule has 2 heteroatoms. The van der Waals surface area contributed by atoms with Crippen LogP contribution in [0.3, 0.4) is 0 Å². The first-order chi connectivity index (χ1) is 7.26. The Balaban J connectivity index is 2.52. The topological polar surface area (TPSA) is 35.8 Å². The molecule has 0 heterocycles. The lowest BCUT2D eigenvalue weighted by atomic mass is 10.1. The zero-order valence-electron chi connectivity index (χ0n) is 9.40. The molecule has 0 spiro atoms. The molecule has 80 valence electrons. The molecule has 0 fully saturated rings. The van der Waals surface area contributed by atoms with Crippen molar-refractivity contribution in [3.63, 3.8) is 0 Å². The van der Waals surface area contributed by atoms with Crippen molar-refractivity contribution in [3.8, 4) is 6.07 Å². The van der Waals surface area contributed by atoms with E-state index < -0.39 is 0 Å². The minimum absolute atomic E-state index is 0.0812. The molecule has 2 nitrogen and oxygen atoms in total. The Kier molecular flexibility index (Phi) is 4.86. The lowest BCUT2D eigenvalue weighted by molar-refractivity contribution is 0.488. The van der Waals surface area contributed by atoms with Crippen LogP contribution in [0.5, 0.6) is 0 Å². The van der Waals surface area contributed by atoms with Crippen molar-refractivity contribution in [3.05, 3.63) is 35.9 Å². The Morgan fingerprint density at radius 2 is 2.00 bits per heavy atom. The van der Waals surface area contributed by atoms with Gasteiger partial charge in [-0.3, -0.25) is 5.32 Å². The maximum absolute atomic E-state index is 9.02. The monoisotopic (exact) mass is 202 g/mol. The van der Waals surface area contributed by atoms with Crippen LogP contribution >= 0.6 is 0 Å². The second-order valence-corrected chi connectivity index (χ2v) is 3.85. The van der Waals surface area contributed by atoms with E-state index in [4.69, 9.17) is 5.26 Å². The normalized spacial score (nSPS) is 14.2. The summed E-state index contributed by atoms with van der Waals surface area (Å²) >= 11 is 0. The van der Waals surface area contributed by atoms with Gasteiger partial charge in [0.15, 0.2) is 0 Å². The first kappa shape index (κ1) is 11.7. The molecule has 1 N–H and O–H groups in total. The molecule has 2 atom stereocenters. The summed E-state index contributed by atoms with van der Waals surface area (Å²) in [6.07, 6.45) is 1.83. The number of rotatable bonds is 5. The summed E-state index contributed by atoms with van der Waals surface area (Å²) in [7, 11) is 0. The number of hydrogen-bond acceptors (Lipinski definition) is 2. The smallest absolute Gasteiger partial charge is 0.0995 e. The largest absolute Gasteiger partial charge is 0.299 e. The molecule has 0 aromatic heterocycles. The minimum Gasteiger partial charge on any atom is -0.299 e. The zero-order valence-corrected chi connectivity index (χ0v) is 9.40. The quantitative estimate of drug-likeness (QED) is 0.796. The van der Waals surface area contributed by atoms with Crippen molar-refractivity contribution in [2.24, 2.45) is 0 Å². The average molecular weight is 202 g/mol. The van der Waals surface area contributed by atoms with Gasteiger partial charge in [0.2, 0.25) is 0 Å². The third-order valence-corrected chi connectivity index (χ3v) is 2.54. The van der Waals surface area contributed by atoms with Gasteiger partial charge in [0.05, 0.1) is 12.1 Å². The highest BCUT2D eigenvalue weighted by atomic mass is 14.9. The average Bonchev–Trinajstić information content (AvgIpc) is 2.29. The fourth-order valence-corrected chi connectivity index (χ4v) is 1.45. The maximum atomic E-state index is 9.02. The fraction of sp³-hybridized carbons (Fsp3) is 0.462. The fourth-order valence-electron chi connectivity index (χ4n) is 1.45. The van der Waals surface area contributed by atoms with Gasteiger partial charge in [-0.25, -0.2) is 0 Å². The summed E-state index contributed by atoms with van der Waals surface area (Å²) < 4.78 is 0. The molecular formula is C13H18N2. The molecule has 0 saturated carbocycles. The Hall–Kier alpha value is -1.33. The summed E-state index contributed by atoms with van der Waals surface area (Å²) in [6.45, 7) is 4.23. The first-order valence-corrected chi connectivity index (χ1v) is 5.45. The van der Waals surface area contributed by atoms with Crippen LogP contribution in [0.2, 0.25) is 0 Å². The highest BCUT2D eigenvalue weighted by Gasteiger charge is 2.10. The van der Waals surface area contributed by atoms with Gasteiger partial charge >= 0.3 is 0 Å². The number of nitrogens with zero attached hydrogens (tertiary/aromatic N) is 1. The van der Waals surface area contributed by atoms with Crippen molar-refractivity contribution < 1.29 is 0 Å². The van der Waals surface area contributed by atoms with E-state index in [1.807, 2.05) is 18.2 Å². The molecule has 2 unspecified atom stereocenters. The van der Waals surface area contributed by atoms with Gasteiger partial charge in [0, 0.05) is 12.5 Å². The predicted molar refractivity (Wildman–Crippen MR) is 62.4 cm³/mol. The molecule has 1 aromatic rings. The van der Waals surface area contributed by atoms with Crippen LogP contribution in [0, 0.1) is 11.3 Å². The summed E-state index contributed by atoms with van der Waals surface area (Å²) in [5.41, 5.74) is 1.21. The second-order valence-electron chi connectivity index (χ2n) is 3.85. The van der Waals surface area contributed by atoms with Crippen LogP contribution in [0.4, 0.5) is 0 Å². The van der Waals surface area contributed by atoms with Crippen LogP contribution < -0.4 is 5.32 Å². The molecule has 0 bridgehead atoms. The molecular weight excluding hydrogens is 184 g/mol. The lowest BCUT2D eigenvalue weighted by Crippen LogP contribution is -2.36. The highest BCUT2D eigenvalue weighted by Crippen LogP contribution is 2.03. The van der Waals surface area contributed by atoms with Crippen LogP contribution in [0.15, 0.2) is 30.3 Å². The van der Waals surface area contributed by atoms with Crippen molar-refractivity contribution in [1.82, 2.24) is 5.32 Å². The number of benzene rings is 1. The summed E-state index contributed by atoms with van der Waals surface area (Å²) in [4.78, 5) is 0. The van der Waals surface area contributed by atoms with E-state index in [-0.39, 0.29) is 6.04 Å². The molecule has 0 saturated heterocycles. The molecule has 1 rings (SSSR count). The summed E-state index contributed by atoms with van der Waals surface area (Å²) in [5, 5.41) is 12.3. The van der Waals surface area contributed by atoms with Crippen molar-refractivity contribution in [1.29, 1.82) is 5.26 Å². The van der Waals surface area contributed by atoms with Gasteiger partial charge in [-0.15, -0.1) is 0 Å². The molecule has 0 aliphatic heterocycles. The van der Waals surface area contributed by atoms with Crippen molar-refractivity contribution in [2.75, 3.05) is 0 Å². The highest BCUT2D eigenvalue weighted by molar-refractivity contribution is 5.17. The predicted octanol–water partition coefficient (Wildman–Crippen LogP) is 2.51. The van der Waals surface area contributed by atoms with E-state index in [1.54, 1.807) is 0 Å². The Morgan fingerprint density at radius 1 is 1.33 bits per heavy atom. The Bertz CT molecular complexity index is 313. The third-order valence-electron chi connectivity index (χ3n) is 2.54. The molecule has 0 radical (unpaired) electrons. The van der Waals surface area contributed by atoms with Gasteiger partial charge in [0.1, 0.15) is 0 Å². The molecule has 15 heavy (non-hydrogen) atoms. The van der Waals surface area contributed by atoms with E-state index >= 15 is 0 Å². The summed E-state index contributed by atoms with van der Waals surface area (Å²) in [6, 6.07) is 12.7. The van der Waals surface area contributed by atoms with E-state index in [0.29, 0.717) is 6.04 Å². The Labute approximate surface area is 91.9 Å². The Morgan fingerprint density at radius 3 is 2.53 bits per heavy atom. The van der Waals surface area contributed by atoms with Gasteiger partial charge in [0.25, 0.3) is 0 Å². The number of nitrogens with one attached hydrogen (secondary N) is 1. The first-order valence-electron chi connectivity index (χ1n) is 5.45. The van der Waals surface area contributed by atoms with Crippen molar-refractivity contribution >= 4 is 0 Å². The SMILES string of the molecule is CCC(C)NC(C#N)Cc1ccccc1. The van der Waals surface area contributed by atoms with E-state index in [9.17, 15) is 0 Å². The lowest BCUT2D eigenvalue weighted by Gasteiger charge is -2.16. The summed E-state index contributed by atoms with van der Waals surface area (Å²) in [5.74, 6) is 0. The molecule has 0 aliphatic rings. The third kappa shape index (κ3) is 4.14. The molecule has 0 aliphatic carbocycles. The van der Waals surface area contributed by atoms with E-state index in [0.717, 1.165) is 12.8 Å². The zero-order chi connectivity index (χ0) is 11.1. The van der Waals surface area contributed by atoms with Crippen LogP contribution in [0.25, 0.3) is 0 Å². The van der Waals surface area contributed by atoms with Crippen LogP contribution in [-0.4, -0.2) is 12.1 Å². The maximum Gasteiger partial charge on any atom is 0.0995 e. The van der Waals surface area contributed by atoms with E-state index in [2.05, 4.69) is 37.4 Å². The number of hydrogen-bond donors (Lipinski definition) is 1. The van der Waals surface area contributed by atoms with Gasteiger partial charge in [-0.05, 0) is 18.9 Å². The standard InChI is InChI=1S/C13H18N2/c1-3-11(2)15-13(10-14)9-12-7-5-4-6-8-12/h4-8,11,13,15H,3,9H2,1-2H3. The van der Waals surface area contributed by atoms with Crippen LogP contribution in [0.1, 0.15) is 25.8 Å².